The van der Waals surface area contributed by atoms with E-state index in [1.807, 2.05) is 0 Å². The fourth-order valence-corrected chi connectivity index (χ4v) is 0.501. The Morgan fingerprint density at radius 2 is 1.90 bits per heavy atom. The Labute approximate surface area is 61.9 Å². The van der Waals surface area contributed by atoms with E-state index in [4.69, 9.17) is 10.2 Å². The van der Waals surface area contributed by atoms with Crippen molar-refractivity contribution in [1.29, 1.82) is 0 Å². The highest BCUT2D eigenvalue weighted by Gasteiger charge is 1.90. The number of hydrogen-bond donors (Lipinski definition) is 2. The van der Waals surface area contributed by atoms with Gasteiger partial charge < -0.3 is 10.2 Å². The summed E-state index contributed by atoms with van der Waals surface area (Å²) in [5.74, 6) is 5.35. The quantitative estimate of drug-likeness (QED) is 0.552. The predicted octanol–water partition coefficient (Wildman–Crippen LogP) is 0.532. The first-order valence-electron chi connectivity index (χ1n) is 3.47. The van der Waals surface area contributed by atoms with Crippen LogP contribution in [0.3, 0.4) is 0 Å². The molecule has 2 atom stereocenters. The summed E-state index contributed by atoms with van der Waals surface area (Å²) >= 11 is 0. The fourth-order valence-electron chi connectivity index (χ4n) is 0.501. The van der Waals surface area contributed by atoms with Gasteiger partial charge in [0.25, 0.3) is 0 Å². The fraction of sp³-hybridized carbons (Fsp3) is 0.750. The van der Waals surface area contributed by atoms with Crippen LogP contribution in [0, 0.1) is 11.8 Å². The summed E-state index contributed by atoms with van der Waals surface area (Å²) in [5, 5.41) is 17.5. The second-order valence-electron chi connectivity index (χ2n) is 2.38. The van der Waals surface area contributed by atoms with Gasteiger partial charge in [-0.15, -0.1) is 5.92 Å². The van der Waals surface area contributed by atoms with E-state index < -0.39 is 6.10 Å². The van der Waals surface area contributed by atoms with Crippen LogP contribution in [0.15, 0.2) is 0 Å². The minimum Gasteiger partial charge on any atom is -0.393 e. The summed E-state index contributed by atoms with van der Waals surface area (Å²) in [6, 6.07) is 0. The van der Waals surface area contributed by atoms with Crippen molar-refractivity contribution in [1.82, 2.24) is 0 Å². The lowest BCUT2D eigenvalue weighted by molar-refractivity contribution is 0.186. The minimum atomic E-state index is -0.547. The van der Waals surface area contributed by atoms with Crippen LogP contribution in [-0.4, -0.2) is 22.4 Å². The Balaban J connectivity index is 3.29. The smallest absolute Gasteiger partial charge is 0.111 e. The van der Waals surface area contributed by atoms with Crippen molar-refractivity contribution < 1.29 is 10.2 Å². The molecule has 0 aliphatic rings. The molecule has 0 aliphatic carbocycles. The number of rotatable bonds is 2. The Kier molecular flexibility index (Phi) is 5.00. The van der Waals surface area contributed by atoms with Gasteiger partial charge in [-0.05, 0) is 20.3 Å². The zero-order valence-electron chi connectivity index (χ0n) is 6.46. The van der Waals surface area contributed by atoms with Crippen LogP contribution < -0.4 is 0 Å². The van der Waals surface area contributed by atoms with Crippen LogP contribution in [0.5, 0.6) is 0 Å². The van der Waals surface area contributed by atoms with E-state index >= 15 is 0 Å². The lowest BCUT2D eigenvalue weighted by Gasteiger charge is -1.96. The topological polar surface area (TPSA) is 40.5 Å². The van der Waals surface area contributed by atoms with E-state index in [2.05, 4.69) is 11.8 Å². The largest absolute Gasteiger partial charge is 0.393 e. The number of aliphatic hydroxyl groups excluding tert-OH is 2. The molecule has 0 spiro atoms. The molecule has 0 heterocycles. The van der Waals surface area contributed by atoms with Gasteiger partial charge in [-0.25, -0.2) is 0 Å². The summed E-state index contributed by atoms with van der Waals surface area (Å²) < 4.78 is 0. The average Bonchev–Trinajstić information content (AvgIpc) is 1.79. The zero-order chi connectivity index (χ0) is 7.98. The minimum absolute atomic E-state index is 0.289. The van der Waals surface area contributed by atoms with E-state index in [-0.39, 0.29) is 6.10 Å². The van der Waals surface area contributed by atoms with Gasteiger partial charge in [0, 0.05) is 6.42 Å². The van der Waals surface area contributed by atoms with Crippen molar-refractivity contribution in [2.24, 2.45) is 0 Å². The molecule has 0 aromatic rings. The third-order valence-electron chi connectivity index (χ3n) is 0.998. The summed E-state index contributed by atoms with van der Waals surface area (Å²) in [6.07, 6.45) is 0.500. The molecule has 0 aliphatic heterocycles. The molecule has 0 aromatic carbocycles. The Bertz CT molecular complexity index is 128. The molecule has 2 nitrogen and oxygen atoms in total. The van der Waals surface area contributed by atoms with Crippen LogP contribution in [0.4, 0.5) is 0 Å². The van der Waals surface area contributed by atoms with Gasteiger partial charge in [0.05, 0.1) is 6.10 Å². The lowest BCUT2D eigenvalue weighted by Crippen LogP contribution is -1.98. The first-order chi connectivity index (χ1) is 4.63. The third-order valence-corrected chi connectivity index (χ3v) is 0.998. The summed E-state index contributed by atoms with van der Waals surface area (Å²) in [5.41, 5.74) is 0. The summed E-state index contributed by atoms with van der Waals surface area (Å²) in [6.45, 7) is 3.35. The molecule has 0 fully saturated rings. The first kappa shape index (κ1) is 9.48. The Morgan fingerprint density at radius 3 is 2.30 bits per heavy atom. The van der Waals surface area contributed by atoms with Crippen molar-refractivity contribution in [2.45, 2.75) is 38.9 Å². The molecule has 10 heavy (non-hydrogen) atoms. The first-order valence-corrected chi connectivity index (χ1v) is 3.47. The maximum absolute atomic E-state index is 8.79. The van der Waals surface area contributed by atoms with Crippen LogP contribution in [0.1, 0.15) is 26.7 Å². The van der Waals surface area contributed by atoms with Gasteiger partial charge in [-0.1, -0.05) is 5.92 Å². The van der Waals surface area contributed by atoms with Crippen molar-refractivity contribution in [2.75, 3.05) is 0 Å². The zero-order valence-corrected chi connectivity index (χ0v) is 6.46. The maximum Gasteiger partial charge on any atom is 0.111 e. The Hall–Kier alpha value is -0.520. The van der Waals surface area contributed by atoms with E-state index in [0.29, 0.717) is 12.8 Å². The van der Waals surface area contributed by atoms with Crippen molar-refractivity contribution >= 4 is 0 Å². The van der Waals surface area contributed by atoms with Gasteiger partial charge in [-0.2, -0.15) is 0 Å². The molecule has 0 saturated heterocycles. The van der Waals surface area contributed by atoms with E-state index in [0.717, 1.165) is 0 Å². The van der Waals surface area contributed by atoms with Crippen molar-refractivity contribution in [3.63, 3.8) is 0 Å². The highest BCUT2D eigenvalue weighted by atomic mass is 16.3. The third kappa shape index (κ3) is 7.48. The maximum atomic E-state index is 8.79. The van der Waals surface area contributed by atoms with Crippen LogP contribution in [0.2, 0.25) is 0 Å². The van der Waals surface area contributed by atoms with Crippen molar-refractivity contribution in [3.8, 4) is 11.8 Å². The van der Waals surface area contributed by atoms with Crippen LogP contribution >= 0.6 is 0 Å². The summed E-state index contributed by atoms with van der Waals surface area (Å²) in [7, 11) is 0. The van der Waals surface area contributed by atoms with E-state index in [9.17, 15) is 0 Å². The lowest BCUT2D eigenvalue weighted by atomic mass is 10.2. The van der Waals surface area contributed by atoms with Gasteiger partial charge in [-0.3, -0.25) is 0 Å². The molecule has 2 heteroatoms. The molecule has 2 unspecified atom stereocenters. The second kappa shape index (κ2) is 5.28. The number of hydrogen-bond acceptors (Lipinski definition) is 2. The highest BCUT2D eigenvalue weighted by Crippen LogP contribution is 1.92. The molecule has 0 amide bonds. The molecule has 0 aromatic heterocycles. The van der Waals surface area contributed by atoms with Crippen LogP contribution in [-0.2, 0) is 0 Å². The van der Waals surface area contributed by atoms with Gasteiger partial charge in [0.15, 0.2) is 0 Å². The monoisotopic (exact) mass is 142 g/mol. The normalized spacial score (nSPS) is 15.2. The average molecular weight is 142 g/mol. The number of aliphatic hydroxyl groups is 2. The molecular formula is C8H14O2. The SMILES string of the molecule is CC(O)C#CCCC(C)O. The van der Waals surface area contributed by atoms with Gasteiger partial charge in [0.1, 0.15) is 6.10 Å². The van der Waals surface area contributed by atoms with Crippen LogP contribution in [0.25, 0.3) is 0 Å². The van der Waals surface area contributed by atoms with Gasteiger partial charge in [0.2, 0.25) is 0 Å². The molecule has 0 bridgehead atoms. The second-order valence-corrected chi connectivity index (χ2v) is 2.38. The molecular weight excluding hydrogens is 128 g/mol. The van der Waals surface area contributed by atoms with Crippen molar-refractivity contribution in [3.05, 3.63) is 0 Å². The highest BCUT2D eigenvalue weighted by molar-refractivity contribution is 5.02. The molecule has 2 N–H and O–H groups in total. The molecule has 0 rings (SSSR count). The molecule has 0 radical (unpaired) electrons. The van der Waals surface area contributed by atoms with Gasteiger partial charge >= 0.3 is 0 Å². The van der Waals surface area contributed by atoms with E-state index in [1.165, 1.54) is 0 Å². The van der Waals surface area contributed by atoms with E-state index in [1.54, 1.807) is 13.8 Å². The molecule has 58 valence electrons. The molecule has 0 saturated carbocycles. The standard InChI is InChI=1S/C8H14O2/c1-7(9)5-3-4-6-8(2)10/h7-10H,3,5H2,1-2H3. The predicted molar refractivity (Wildman–Crippen MR) is 40.4 cm³/mol. The Morgan fingerprint density at radius 1 is 1.30 bits per heavy atom. The summed E-state index contributed by atoms with van der Waals surface area (Å²) in [4.78, 5) is 0.